The lowest BCUT2D eigenvalue weighted by molar-refractivity contribution is 0.102. The van der Waals surface area contributed by atoms with Gasteiger partial charge < -0.3 is 20.5 Å². The molecule has 0 saturated heterocycles. The van der Waals surface area contributed by atoms with Gasteiger partial charge in [-0.3, -0.25) is 4.79 Å². The van der Waals surface area contributed by atoms with Crippen molar-refractivity contribution in [1.82, 2.24) is 15.1 Å². The number of nitrogens with zero attached hydrogens (tertiary/aromatic N) is 4. The first-order valence-corrected chi connectivity index (χ1v) is 7.02. The Balaban J connectivity index is 0.00000264. The highest BCUT2D eigenvalue weighted by Crippen LogP contribution is 2.24. The fraction of sp³-hybridized carbons (Fsp3) is 0.385. The van der Waals surface area contributed by atoms with Crippen LogP contribution in [-0.4, -0.2) is 34.6 Å². The van der Waals surface area contributed by atoms with Crippen LogP contribution in [0.5, 0.6) is 0 Å². The van der Waals surface area contributed by atoms with Crippen LogP contribution in [0.15, 0.2) is 16.9 Å². The molecule has 0 saturated carbocycles. The molecule has 0 bridgehead atoms. The molecule has 126 valence electrons. The summed E-state index contributed by atoms with van der Waals surface area (Å²) in [5.74, 6) is 0.545. The monoisotopic (exact) mass is 360 g/mol. The van der Waals surface area contributed by atoms with E-state index >= 15 is 0 Å². The van der Waals surface area contributed by atoms with Gasteiger partial charge in [0.1, 0.15) is 6.26 Å². The average molecular weight is 361 g/mol. The standard InChI is InChI=1S/C13H17ClN6O2.ClH/c1-7(2)6-20(3)12-10(14)17-9(11(15)18-12)13(21)16-8-4-5-22-19-8;/h4-5,7H,6H2,1-3H3,(H2,15,18)(H,16,19,21);1H. The first kappa shape index (κ1) is 19.0. The minimum absolute atomic E-state index is 0. The Morgan fingerprint density at radius 1 is 1.48 bits per heavy atom. The summed E-state index contributed by atoms with van der Waals surface area (Å²) in [6.45, 7) is 4.88. The van der Waals surface area contributed by atoms with E-state index in [0.717, 1.165) is 6.54 Å². The molecule has 0 atom stereocenters. The largest absolute Gasteiger partial charge is 0.382 e. The van der Waals surface area contributed by atoms with Crippen LogP contribution < -0.4 is 16.0 Å². The normalized spacial score (nSPS) is 10.3. The Bertz CT molecular complexity index is 663. The van der Waals surface area contributed by atoms with Crippen LogP contribution in [0, 0.1) is 5.92 Å². The molecule has 0 aliphatic carbocycles. The van der Waals surface area contributed by atoms with E-state index in [4.69, 9.17) is 17.3 Å². The van der Waals surface area contributed by atoms with Crippen LogP contribution in [0.1, 0.15) is 24.3 Å². The maximum absolute atomic E-state index is 12.1. The molecule has 0 fully saturated rings. The molecule has 2 aromatic rings. The SMILES string of the molecule is CC(C)CN(C)c1nc(N)c(C(=O)Nc2ccon2)nc1Cl.Cl. The molecule has 0 spiro atoms. The smallest absolute Gasteiger partial charge is 0.279 e. The third-order valence-electron chi connectivity index (χ3n) is 2.76. The number of hydrogen-bond donors (Lipinski definition) is 2. The number of carbonyl (C=O) groups is 1. The number of rotatable bonds is 5. The van der Waals surface area contributed by atoms with Crippen molar-refractivity contribution in [3.05, 3.63) is 23.2 Å². The van der Waals surface area contributed by atoms with E-state index in [-0.39, 0.29) is 34.9 Å². The maximum Gasteiger partial charge on any atom is 0.279 e. The summed E-state index contributed by atoms with van der Waals surface area (Å²) in [6.07, 6.45) is 1.33. The lowest BCUT2D eigenvalue weighted by Gasteiger charge is -2.21. The molecule has 23 heavy (non-hydrogen) atoms. The number of carbonyl (C=O) groups excluding carboxylic acids is 1. The van der Waals surface area contributed by atoms with Crippen molar-refractivity contribution in [2.45, 2.75) is 13.8 Å². The summed E-state index contributed by atoms with van der Waals surface area (Å²) >= 11 is 6.12. The molecule has 2 aromatic heterocycles. The summed E-state index contributed by atoms with van der Waals surface area (Å²) in [5, 5.41) is 6.18. The summed E-state index contributed by atoms with van der Waals surface area (Å²) in [4.78, 5) is 22.2. The van der Waals surface area contributed by atoms with Gasteiger partial charge in [-0.15, -0.1) is 12.4 Å². The molecule has 0 radical (unpaired) electrons. The molecule has 0 unspecified atom stereocenters. The molecule has 10 heteroatoms. The predicted octanol–water partition coefficient (Wildman–Crippen LogP) is 2.47. The Kier molecular flexibility index (Phi) is 6.59. The van der Waals surface area contributed by atoms with Gasteiger partial charge >= 0.3 is 0 Å². The van der Waals surface area contributed by atoms with E-state index in [1.54, 1.807) is 0 Å². The maximum atomic E-state index is 12.1. The van der Waals surface area contributed by atoms with Gasteiger partial charge in [0.05, 0.1) is 0 Å². The van der Waals surface area contributed by atoms with Crippen molar-refractivity contribution < 1.29 is 9.32 Å². The molecule has 3 N–H and O–H groups in total. The first-order chi connectivity index (χ1) is 10.4. The fourth-order valence-electron chi connectivity index (χ4n) is 1.92. The highest BCUT2D eigenvalue weighted by molar-refractivity contribution is 6.32. The third kappa shape index (κ3) is 4.70. The number of halogens is 2. The van der Waals surface area contributed by atoms with Crippen LogP contribution in [-0.2, 0) is 0 Å². The van der Waals surface area contributed by atoms with Gasteiger partial charge in [0.15, 0.2) is 28.3 Å². The third-order valence-corrected chi connectivity index (χ3v) is 3.01. The minimum atomic E-state index is -0.557. The number of aromatic nitrogens is 3. The van der Waals surface area contributed by atoms with Crippen LogP contribution in [0.4, 0.5) is 17.5 Å². The van der Waals surface area contributed by atoms with E-state index in [0.29, 0.717) is 11.7 Å². The quantitative estimate of drug-likeness (QED) is 0.842. The molecule has 2 rings (SSSR count). The van der Waals surface area contributed by atoms with E-state index in [1.807, 2.05) is 11.9 Å². The highest BCUT2D eigenvalue weighted by Gasteiger charge is 2.20. The summed E-state index contributed by atoms with van der Waals surface area (Å²) < 4.78 is 4.63. The van der Waals surface area contributed by atoms with Crippen molar-refractivity contribution in [3.8, 4) is 0 Å². The van der Waals surface area contributed by atoms with Gasteiger partial charge in [0.2, 0.25) is 0 Å². The van der Waals surface area contributed by atoms with Crippen molar-refractivity contribution in [2.75, 3.05) is 29.5 Å². The Morgan fingerprint density at radius 3 is 2.74 bits per heavy atom. The average Bonchev–Trinajstić information content (AvgIpc) is 2.92. The Hall–Kier alpha value is -2.06. The zero-order valence-electron chi connectivity index (χ0n) is 12.9. The molecular weight excluding hydrogens is 343 g/mol. The number of nitrogens with two attached hydrogens (primary N) is 1. The second-order valence-electron chi connectivity index (χ2n) is 5.19. The Labute approximate surface area is 144 Å². The second kappa shape index (κ2) is 7.98. The number of anilines is 3. The van der Waals surface area contributed by atoms with Crippen LogP contribution >= 0.6 is 24.0 Å². The van der Waals surface area contributed by atoms with Gasteiger partial charge in [-0.1, -0.05) is 30.6 Å². The first-order valence-electron chi connectivity index (χ1n) is 6.64. The topological polar surface area (TPSA) is 110 Å². The van der Waals surface area contributed by atoms with E-state index in [1.165, 1.54) is 12.3 Å². The van der Waals surface area contributed by atoms with Gasteiger partial charge in [0, 0.05) is 19.7 Å². The number of nitrogens with one attached hydrogen (secondary N) is 1. The van der Waals surface area contributed by atoms with E-state index in [9.17, 15) is 4.79 Å². The van der Waals surface area contributed by atoms with Crippen molar-refractivity contribution in [1.29, 1.82) is 0 Å². The van der Waals surface area contributed by atoms with Crippen molar-refractivity contribution in [2.24, 2.45) is 5.92 Å². The molecule has 0 aromatic carbocycles. The number of hydrogen-bond acceptors (Lipinski definition) is 7. The molecule has 0 aliphatic heterocycles. The van der Waals surface area contributed by atoms with E-state index < -0.39 is 5.91 Å². The zero-order valence-corrected chi connectivity index (χ0v) is 14.5. The summed E-state index contributed by atoms with van der Waals surface area (Å²) in [5.41, 5.74) is 5.76. The molecule has 2 heterocycles. The fourth-order valence-corrected chi connectivity index (χ4v) is 2.19. The minimum Gasteiger partial charge on any atom is -0.382 e. The summed E-state index contributed by atoms with van der Waals surface area (Å²) in [7, 11) is 1.84. The lowest BCUT2D eigenvalue weighted by Crippen LogP contribution is -2.26. The number of amides is 1. The highest BCUT2D eigenvalue weighted by atomic mass is 35.5. The zero-order chi connectivity index (χ0) is 16.3. The lowest BCUT2D eigenvalue weighted by atomic mass is 10.2. The molecule has 8 nitrogen and oxygen atoms in total. The van der Waals surface area contributed by atoms with Crippen LogP contribution in [0.3, 0.4) is 0 Å². The van der Waals surface area contributed by atoms with Crippen LogP contribution in [0.25, 0.3) is 0 Å². The Morgan fingerprint density at radius 2 is 2.17 bits per heavy atom. The van der Waals surface area contributed by atoms with Gasteiger partial charge in [-0.05, 0) is 5.92 Å². The van der Waals surface area contributed by atoms with Gasteiger partial charge in [0.25, 0.3) is 5.91 Å². The summed E-state index contributed by atoms with van der Waals surface area (Å²) in [6, 6.07) is 1.49. The predicted molar refractivity (Wildman–Crippen MR) is 91.3 cm³/mol. The molecular formula is C13H18Cl2N6O2. The molecule has 0 aliphatic rings. The van der Waals surface area contributed by atoms with Crippen molar-refractivity contribution in [3.63, 3.8) is 0 Å². The van der Waals surface area contributed by atoms with E-state index in [2.05, 4.69) is 38.8 Å². The van der Waals surface area contributed by atoms with Gasteiger partial charge in [-0.25, -0.2) is 9.97 Å². The van der Waals surface area contributed by atoms with Gasteiger partial charge in [-0.2, -0.15) is 0 Å². The van der Waals surface area contributed by atoms with Crippen molar-refractivity contribution >= 4 is 47.4 Å². The van der Waals surface area contributed by atoms with Crippen LogP contribution in [0.2, 0.25) is 5.15 Å². The molecule has 1 amide bonds. The second-order valence-corrected chi connectivity index (χ2v) is 5.54. The number of nitrogen functional groups attached to an aromatic ring is 1.